The van der Waals surface area contributed by atoms with E-state index in [9.17, 15) is 9.50 Å². The van der Waals surface area contributed by atoms with Crippen LogP contribution >= 0.6 is 23.2 Å². The Bertz CT molecular complexity index is 551. The van der Waals surface area contributed by atoms with E-state index in [4.69, 9.17) is 23.2 Å². The van der Waals surface area contributed by atoms with E-state index < -0.39 is 11.9 Å². The fraction of sp³-hybridized carbons (Fsp3) is 0.0909. The highest BCUT2D eigenvalue weighted by molar-refractivity contribution is 6.34. The van der Waals surface area contributed by atoms with Crippen molar-refractivity contribution in [2.45, 2.75) is 6.10 Å². The molecule has 2 heterocycles. The zero-order valence-electron chi connectivity index (χ0n) is 8.44. The monoisotopic (exact) mass is 272 g/mol. The third-order valence-corrected chi connectivity index (χ3v) is 2.70. The molecule has 2 aromatic rings. The average Bonchev–Trinajstić information content (AvgIpc) is 2.29. The Hall–Kier alpha value is -1.23. The summed E-state index contributed by atoms with van der Waals surface area (Å²) < 4.78 is 13.4. The lowest BCUT2D eigenvalue weighted by atomic mass is 10.1. The van der Waals surface area contributed by atoms with Gasteiger partial charge < -0.3 is 5.11 Å². The van der Waals surface area contributed by atoms with Crippen molar-refractivity contribution in [2.75, 3.05) is 0 Å². The van der Waals surface area contributed by atoms with Crippen LogP contribution in [-0.4, -0.2) is 15.1 Å². The van der Waals surface area contributed by atoms with E-state index in [0.717, 1.165) is 6.20 Å². The second kappa shape index (κ2) is 4.96. The Morgan fingerprint density at radius 1 is 1.29 bits per heavy atom. The Morgan fingerprint density at radius 2 is 2.06 bits per heavy atom. The molecule has 0 aromatic carbocycles. The standard InChI is InChI=1S/C11H7Cl2FN2O/c12-6-3-8(13)10(16-4-6)11(17)7-1-2-15-5-9(7)14/h1-5,11,17H. The third-order valence-electron chi connectivity index (χ3n) is 2.19. The van der Waals surface area contributed by atoms with Gasteiger partial charge in [-0.15, -0.1) is 0 Å². The minimum absolute atomic E-state index is 0.0664. The summed E-state index contributed by atoms with van der Waals surface area (Å²) in [6, 6.07) is 2.81. The maximum absolute atomic E-state index is 13.4. The van der Waals surface area contributed by atoms with E-state index in [2.05, 4.69) is 9.97 Å². The Morgan fingerprint density at radius 3 is 2.71 bits per heavy atom. The number of halogens is 3. The van der Waals surface area contributed by atoms with Crippen LogP contribution in [0.2, 0.25) is 10.0 Å². The first-order valence-electron chi connectivity index (χ1n) is 4.68. The zero-order chi connectivity index (χ0) is 12.4. The molecule has 3 nitrogen and oxygen atoms in total. The van der Waals surface area contributed by atoms with E-state index in [1.807, 2.05) is 0 Å². The largest absolute Gasteiger partial charge is 0.382 e. The molecular formula is C11H7Cl2FN2O. The second-order valence-electron chi connectivity index (χ2n) is 3.32. The fourth-order valence-electron chi connectivity index (χ4n) is 1.38. The SMILES string of the molecule is OC(c1ccncc1F)c1ncc(Cl)cc1Cl. The summed E-state index contributed by atoms with van der Waals surface area (Å²) in [5, 5.41) is 10.5. The van der Waals surface area contributed by atoms with Crippen LogP contribution in [-0.2, 0) is 0 Å². The van der Waals surface area contributed by atoms with Crippen molar-refractivity contribution in [3.8, 4) is 0 Å². The number of rotatable bonds is 2. The Balaban J connectivity index is 2.44. The first kappa shape index (κ1) is 12.2. The molecule has 1 unspecified atom stereocenters. The van der Waals surface area contributed by atoms with Gasteiger partial charge in [0.15, 0.2) is 0 Å². The molecule has 1 N–H and O–H groups in total. The van der Waals surface area contributed by atoms with Gasteiger partial charge in [0.05, 0.1) is 21.9 Å². The molecule has 0 fully saturated rings. The van der Waals surface area contributed by atoms with Crippen molar-refractivity contribution in [2.24, 2.45) is 0 Å². The summed E-state index contributed by atoms with van der Waals surface area (Å²) in [4.78, 5) is 7.49. The van der Waals surface area contributed by atoms with Crippen molar-refractivity contribution in [1.29, 1.82) is 0 Å². The van der Waals surface area contributed by atoms with Crippen molar-refractivity contribution in [3.05, 3.63) is 57.8 Å². The maximum atomic E-state index is 13.4. The van der Waals surface area contributed by atoms with E-state index in [1.54, 1.807) is 0 Å². The highest BCUT2D eigenvalue weighted by Gasteiger charge is 2.19. The molecule has 0 aliphatic carbocycles. The molecule has 88 valence electrons. The van der Waals surface area contributed by atoms with Crippen LogP contribution in [0.5, 0.6) is 0 Å². The molecule has 0 aliphatic rings. The Kier molecular flexibility index (Phi) is 3.57. The summed E-state index contributed by atoms with van der Waals surface area (Å²) in [5.74, 6) is -0.618. The molecule has 0 amide bonds. The van der Waals surface area contributed by atoms with Gasteiger partial charge in [-0.3, -0.25) is 9.97 Å². The van der Waals surface area contributed by atoms with Gasteiger partial charge in [0, 0.05) is 18.0 Å². The molecule has 2 aromatic heterocycles. The fourth-order valence-corrected chi connectivity index (χ4v) is 1.86. The average molecular weight is 273 g/mol. The minimum atomic E-state index is -1.25. The van der Waals surface area contributed by atoms with E-state index in [-0.39, 0.29) is 16.3 Å². The molecule has 0 spiro atoms. The van der Waals surface area contributed by atoms with Crippen molar-refractivity contribution in [1.82, 2.24) is 9.97 Å². The van der Waals surface area contributed by atoms with Crippen LogP contribution in [0.3, 0.4) is 0 Å². The molecule has 17 heavy (non-hydrogen) atoms. The van der Waals surface area contributed by atoms with Gasteiger partial charge in [-0.25, -0.2) is 4.39 Å². The molecule has 6 heteroatoms. The van der Waals surface area contributed by atoms with Crippen LogP contribution < -0.4 is 0 Å². The molecule has 0 saturated heterocycles. The van der Waals surface area contributed by atoms with Crippen molar-refractivity contribution in [3.63, 3.8) is 0 Å². The summed E-state index contributed by atoms with van der Waals surface area (Å²) >= 11 is 11.6. The topological polar surface area (TPSA) is 46.0 Å². The van der Waals surface area contributed by atoms with Crippen LogP contribution in [0.25, 0.3) is 0 Å². The quantitative estimate of drug-likeness (QED) is 0.914. The highest BCUT2D eigenvalue weighted by Crippen LogP contribution is 2.29. The van der Waals surface area contributed by atoms with Crippen LogP contribution in [0.4, 0.5) is 4.39 Å². The smallest absolute Gasteiger partial charge is 0.147 e. The number of aliphatic hydroxyl groups is 1. The Labute approximate surface area is 107 Å². The number of pyridine rings is 2. The van der Waals surface area contributed by atoms with Crippen LogP contribution in [0.15, 0.2) is 30.7 Å². The van der Waals surface area contributed by atoms with Gasteiger partial charge in [-0.05, 0) is 12.1 Å². The van der Waals surface area contributed by atoms with Gasteiger partial charge in [-0.1, -0.05) is 23.2 Å². The lowest BCUT2D eigenvalue weighted by Gasteiger charge is -2.12. The molecular weight excluding hydrogens is 266 g/mol. The number of hydrogen-bond acceptors (Lipinski definition) is 3. The highest BCUT2D eigenvalue weighted by atomic mass is 35.5. The number of aliphatic hydroxyl groups excluding tert-OH is 1. The lowest BCUT2D eigenvalue weighted by molar-refractivity contribution is 0.210. The van der Waals surface area contributed by atoms with Crippen LogP contribution in [0, 0.1) is 5.82 Å². The predicted octanol–water partition coefficient (Wildman–Crippen LogP) is 3.00. The minimum Gasteiger partial charge on any atom is -0.382 e. The number of nitrogens with zero attached hydrogens (tertiary/aromatic N) is 2. The van der Waals surface area contributed by atoms with Crippen molar-refractivity contribution < 1.29 is 9.50 Å². The molecule has 0 bridgehead atoms. The van der Waals surface area contributed by atoms with Crippen LogP contribution in [0.1, 0.15) is 17.4 Å². The van der Waals surface area contributed by atoms with E-state index in [0.29, 0.717) is 5.02 Å². The van der Waals surface area contributed by atoms with E-state index in [1.165, 1.54) is 24.5 Å². The third kappa shape index (κ3) is 2.54. The van der Waals surface area contributed by atoms with Gasteiger partial charge in [0.1, 0.15) is 11.9 Å². The molecule has 2 rings (SSSR count). The van der Waals surface area contributed by atoms with Gasteiger partial charge in [0.25, 0.3) is 0 Å². The second-order valence-corrected chi connectivity index (χ2v) is 4.16. The molecule has 1 atom stereocenters. The summed E-state index contributed by atoms with van der Waals surface area (Å²) in [6.45, 7) is 0. The normalized spacial score (nSPS) is 12.5. The first-order chi connectivity index (χ1) is 8.09. The van der Waals surface area contributed by atoms with E-state index >= 15 is 0 Å². The zero-order valence-corrected chi connectivity index (χ0v) is 9.95. The summed E-state index contributed by atoms with van der Waals surface area (Å²) in [5.41, 5.74) is 0.220. The van der Waals surface area contributed by atoms with Gasteiger partial charge in [0.2, 0.25) is 0 Å². The lowest BCUT2D eigenvalue weighted by Crippen LogP contribution is -2.05. The van der Waals surface area contributed by atoms with Crippen molar-refractivity contribution >= 4 is 23.2 Å². The summed E-state index contributed by atoms with van der Waals surface area (Å²) in [6.07, 6.45) is 2.49. The summed E-state index contributed by atoms with van der Waals surface area (Å²) in [7, 11) is 0. The predicted molar refractivity (Wildman–Crippen MR) is 62.5 cm³/mol. The number of hydrogen-bond donors (Lipinski definition) is 1. The van der Waals surface area contributed by atoms with Gasteiger partial charge in [-0.2, -0.15) is 0 Å². The molecule has 0 aliphatic heterocycles. The first-order valence-corrected chi connectivity index (χ1v) is 5.43. The maximum Gasteiger partial charge on any atom is 0.147 e. The number of aromatic nitrogens is 2. The molecule has 0 radical (unpaired) electrons. The van der Waals surface area contributed by atoms with Gasteiger partial charge >= 0.3 is 0 Å². The molecule has 0 saturated carbocycles.